The lowest BCUT2D eigenvalue weighted by Gasteiger charge is -2.13. The zero-order valence-corrected chi connectivity index (χ0v) is 12.5. The van der Waals surface area contributed by atoms with Gasteiger partial charge in [-0.15, -0.1) is 0 Å². The number of nitrogens with zero attached hydrogens (tertiary/aromatic N) is 1. The van der Waals surface area contributed by atoms with E-state index < -0.39 is 23.3 Å². The summed E-state index contributed by atoms with van der Waals surface area (Å²) in [5.41, 5.74) is 4.27. The number of hydrogen-bond donors (Lipinski definition) is 1. The quantitative estimate of drug-likeness (QED) is 0.761. The van der Waals surface area contributed by atoms with E-state index in [1.807, 2.05) is 0 Å². The summed E-state index contributed by atoms with van der Waals surface area (Å²) in [5, 5.41) is 0. The molecule has 0 spiro atoms. The lowest BCUT2D eigenvalue weighted by Crippen LogP contribution is -2.12. The fourth-order valence-corrected chi connectivity index (χ4v) is 2.36. The zero-order chi connectivity index (χ0) is 16.5. The fourth-order valence-electron chi connectivity index (χ4n) is 2.00. The minimum atomic E-state index is -4.65. The molecule has 0 aliphatic heterocycles. The molecule has 2 N–H and O–H groups in total. The van der Waals surface area contributed by atoms with Crippen LogP contribution in [0.4, 0.5) is 18.9 Å². The molecule has 22 heavy (non-hydrogen) atoms. The van der Waals surface area contributed by atoms with E-state index >= 15 is 0 Å². The molecule has 0 unspecified atom stereocenters. The Balaban J connectivity index is 2.70. The Morgan fingerprint density at radius 3 is 2.41 bits per heavy atom. The van der Waals surface area contributed by atoms with Crippen LogP contribution in [0.25, 0.3) is 16.0 Å². The fraction of sp³-hybridized carbons (Fsp3) is 0.0667. The van der Waals surface area contributed by atoms with Crippen LogP contribution in [-0.4, -0.2) is 5.91 Å². The molecule has 0 heterocycles. The first kappa shape index (κ1) is 16.0. The molecule has 1 amide bonds. The van der Waals surface area contributed by atoms with Gasteiger partial charge in [-0.1, -0.05) is 40.2 Å². The summed E-state index contributed by atoms with van der Waals surface area (Å²) in [4.78, 5) is 14.4. The highest BCUT2D eigenvalue weighted by molar-refractivity contribution is 9.10. The molecule has 0 bridgehead atoms. The van der Waals surface area contributed by atoms with Gasteiger partial charge in [0, 0.05) is 10.0 Å². The molecule has 0 aromatic heterocycles. The Morgan fingerprint density at radius 2 is 1.86 bits per heavy atom. The van der Waals surface area contributed by atoms with Crippen LogP contribution in [0, 0.1) is 6.57 Å². The number of benzene rings is 2. The van der Waals surface area contributed by atoms with Crippen molar-refractivity contribution in [1.29, 1.82) is 0 Å². The van der Waals surface area contributed by atoms with Gasteiger partial charge in [0.15, 0.2) is 5.69 Å². The van der Waals surface area contributed by atoms with Crippen molar-refractivity contribution >= 4 is 27.5 Å². The Kier molecular flexibility index (Phi) is 4.24. The van der Waals surface area contributed by atoms with Gasteiger partial charge < -0.3 is 5.73 Å². The van der Waals surface area contributed by atoms with Gasteiger partial charge in [0.05, 0.1) is 12.1 Å². The summed E-state index contributed by atoms with van der Waals surface area (Å²) in [6.07, 6.45) is -4.65. The Labute approximate surface area is 132 Å². The van der Waals surface area contributed by atoms with Crippen LogP contribution in [0.1, 0.15) is 15.9 Å². The number of rotatable bonds is 2. The highest BCUT2D eigenvalue weighted by atomic mass is 79.9. The van der Waals surface area contributed by atoms with E-state index in [0.29, 0.717) is 4.47 Å². The molecular weight excluding hydrogens is 361 g/mol. The average molecular weight is 369 g/mol. The third-order valence-corrected chi connectivity index (χ3v) is 3.47. The maximum absolute atomic E-state index is 13.0. The van der Waals surface area contributed by atoms with Crippen LogP contribution in [0.3, 0.4) is 0 Å². The smallest absolute Gasteiger partial charge is 0.366 e. The van der Waals surface area contributed by atoms with Gasteiger partial charge in [-0.3, -0.25) is 4.79 Å². The molecule has 7 heteroatoms. The SMILES string of the molecule is [C-]#[N+]c1ccc(-c2ccc(Br)cc2C(N)=O)cc1C(F)(F)F. The number of nitrogens with two attached hydrogens (primary N) is 1. The first-order chi connectivity index (χ1) is 10.2. The molecule has 2 aromatic carbocycles. The third-order valence-electron chi connectivity index (χ3n) is 2.98. The molecule has 0 saturated carbocycles. The van der Waals surface area contributed by atoms with Crippen molar-refractivity contribution in [1.82, 2.24) is 0 Å². The van der Waals surface area contributed by atoms with Crippen molar-refractivity contribution in [2.45, 2.75) is 6.18 Å². The van der Waals surface area contributed by atoms with Crippen LogP contribution in [0.5, 0.6) is 0 Å². The van der Waals surface area contributed by atoms with Gasteiger partial charge >= 0.3 is 6.18 Å². The lowest BCUT2D eigenvalue weighted by molar-refractivity contribution is -0.136. The highest BCUT2D eigenvalue weighted by Gasteiger charge is 2.33. The summed E-state index contributed by atoms with van der Waals surface area (Å²) < 4.78 is 39.6. The molecule has 3 nitrogen and oxygen atoms in total. The number of carbonyl (C=O) groups excluding carboxylic acids is 1. The summed E-state index contributed by atoms with van der Waals surface area (Å²) in [7, 11) is 0. The number of carbonyl (C=O) groups is 1. The van der Waals surface area contributed by atoms with E-state index in [0.717, 1.165) is 12.1 Å². The van der Waals surface area contributed by atoms with Crippen molar-refractivity contribution in [2.24, 2.45) is 5.73 Å². The minimum Gasteiger partial charge on any atom is -0.366 e. The maximum Gasteiger partial charge on any atom is 0.407 e. The van der Waals surface area contributed by atoms with Gasteiger partial charge in [-0.25, -0.2) is 4.85 Å². The second kappa shape index (κ2) is 5.81. The van der Waals surface area contributed by atoms with E-state index in [9.17, 15) is 18.0 Å². The molecule has 2 aromatic rings. The number of halogens is 4. The topological polar surface area (TPSA) is 47.5 Å². The number of alkyl halides is 3. The van der Waals surface area contributed by atoms with Gasteiger partial charge in [-0.05, 0) is 23.3 Å². The van der Waals surface area contributed by atoms with Crippen molar-refractivity contribution in [2.75, 3.05) is 0 Å². The molecule has 2 rings (SSSR count). The molecule has 112 valence electrons. The van der Waals surface area contributed by atoms with E-state index in [4.69, 9.17) is 12.3 Å². The summed E-state index contributed by atoms with van der Waals surface area (Å²) in [6.45, 7) is 6.82. The second-order valence-corrected chi connectivity index (χ2v) is 5.31. The summed E-state index contributed by atoms with van der Waals surface area (Å²) in [6, 6.07) is 7.82. The summed E-state index contributed by atoms with van der Waals surface area (Å²) in [5.74, 6) is -0.751. The normalized spacial score (nSPS) is 11.0. The Morgan fingerprint density at radius 1 is 1.18 bits per heavy atom. The Hall–Kier alpha value is -2.33. The first-order valence-electron chi connectivity index (χ1n) is 5.92. The van der Waals surface area contributed by atoms with Crippen LogP contribution in [-0.2, 0) is 6.18 Å². The van der Waals surface area contributed by atoms with Crippen molar-refractivity contribution in [3.8, 4) is 11.1 Å². The number of amides is 1. The number of hydrogen-bond acceptors (Lipinski definition) is 1. The molecule has 0 radical (unpaired) electrons. The zero-order valence-electron chi connectivity index (χ0n) is 10.9. The maximum atomic E-state index is 13.0. The van der Waals surface area contributed by atoms with Crippen LogP contribution >= 0.6 is 15.9 Å². The Bertz CT molecular complexity index is 794. The average Bonchev–Trinajstić information content (AvgIpc) is 2.45. The van der Waals surface area contributed by atoms with Gasteiger partial charge in [0.1, 0.15) is 0 Å². The second-order valence-electron chi connectivity index (χ2n) is 4.40. The van der Waals surface area contributed by atoms with E-state index in [1.54, 1.807) is 6.07 Å². The van der Waals surface area contributed by atoms with Crippen molar-refractivity contribution < 1.29 is 18.0 Å². The summed E-state index contributed by atoms with van der Waals surface area (Å²) >= 11 is 3.18. The largest absolute Gasteiger partial charge is 0.407 e. The minimum absolute atomic E-state index is 0.0954. The molecule has 0 fully saturated rings. The highest BCUT2D eigenvalue weighted by Crippen LogP contribution is 2.39. The van der Waals surface area contributed by atoms with Gasteiger partial charge in [0.25, 0.3) is 0 Å². The predicted molar refractivity (Wildman–Crippen MR) is 79.4 cm³/mol. The van der Waals surface area contributed by atoms with Gasteiger partial charge in [0.2, 0.25) is 5.91 Å². The van der Waals surface area contributed by atoms with Crippen molar-refractivity contribution in [3.05, 3.63) is 63.4 Å². The lowest BCUT2D eigenvalue weighted by atomic mass is 9.97. The molecule has 0 atom stereocenters. The molecular formula is C15H8BrF3N2O. The third kappa shape index (κ3) is 3.12. The van der Waals surface area contributed by atoms with E-state index in [1.165, 1.54) is 18.2 Å². The predicted octanol–water partition coefficient (Wildman–Crippen LogP) is 4.78. The van der Waals surface area contributed by atoms with E-state index in [-0.39, 0.29) is 16.7 Å². The molecule has 0 saturated heterocycles. The van der Waals surface area contributed by atoms with Crippen LogP contribution in [0.2, 0.25) is 0 Å². The van der Waals surface area contributed by atoms with Crippen molar-refractivity contribution in [3.63, 3.8) is 0 Å². The first-order valence-corrected chi connectivity index (χ1v) is 6.72. The monoisotopic (exact) mass is 368 g/mol. The standard InChI is InChI=1S/C15H8BrF3N2O/c1-21-13-5-2-8(6-12(13)15(17,18)19)10-4-3-9(16)7-11(10)14(20)22/h2-7H,(H2,20,22). The number of primary amides is 1. The van der Waals surface area contributed by atoms with Crippen LogP contribution < -0.4 is 5.73 Å². The van der Waals surface area contributed by atoms with Gasteiger partial charge in [-0.2, -0.15) is 13.2 Å². The van der Waals surface area contributed by atoms with Crippen LogP contribution in [0.15, 0.2) is 40.9 Å². The molecule has 0 aliphatic rings. The molecule has 0 aliphatic carbocycles. The van der Waals surface area contributed by atoms with E-state index in [2.05, 4.69) is 20.8 Å².